The fourth-order valence-electron chi connectivity index (χ4n) is 5.25. The van der Waals surface area contributed by atoms with Crippen LogP contribution in [-0.4, -0.2) is 5.78 Å². The van der Waals surface area contributed by atoms with Gasteiger partial charge in [-0.15, -0.1) is 0 Å². The molecule has 22 heavy (non-hydrogen) atoms. The van der Waals surface area contributed by atoms with Gasteiger partial charge < -0.3 is 0 Å². The minimum Gasteiger partial charge on any atom is -0.299 e. The van der Waals surface area contributed by atoms with Gasteiger partial charge in [0.25, 0.3) is 0 Å². The van der Waals surface area contributed by atoms with Gasteiger partial charge in [0.05, 0.1) is 0 Å². The molecule has 4 unspecified atom stereocenters. The molecule has 4 atom stereocenters. The summed E-state index contributed by atoms with van der Waals surface area (Å²) in [5, 5.41) is 0. The standard InChI is InChI=1S/C21H38O/c1-15(17-9-7-11-20(3,4)13-17)19(22)16(2)18-10-8-12-21(5,6)14-18/h15-18H,7-14H2,1-6H3. The van der Waals surface area contributed by atoms with Gasteiger partial charge in [-0.3, -0.25) is 4.79 Å². The van der Waals surface area contributed by atoms with E-state index in [2.05, 4.69) is 41.5 Å². The Kier molecular flexibility index (Phi) is 5.45. The number of ketones is 1. The highest BCUT2D eigenvalue weighted by molar-refractivity contribution is 5.83. The van der Waals surface area contributed by atoms with Crippen molar-refractivity contribution in [3.05, 3.63) is 0 Å². The summed E-state index contributed by atoms with van der Waals surface area (Å²) in [7, 11) is 0. The molecule has 0 N–H and O–H groups in total. The predicted molar refractivity (Wildman–Crippen MR) is 94.8 cm³/mol. The van der Waals surface area contributed by atoms with E-state index in [1.54, 1.807) is 0 Å². The minimum absolute atomic E-state index is 0.264. The van der Waals surface area contributed by atoms with E-state index >= 15 is 0 Å². The number of hydrogen-bond donors (Lipinski definition) is 0. The third kappa shape index (κ3) is 4.36. The summed E-state index contributed by atoms with van der Waals surface area (Å²) in [5.74, 6) is 2.33. The van der Waals surface area contributed by atoms with Crippen molar-refractivity contribution in [1.29, 1.82) is 0 Å². The monoisotopic (exact) mass is 306 g/mol. The molecule has 2 rings (SSSR count). The molecule has 2 aliphatic rings. The fraction of sp³-hybridized carbons (Fsp3) is 0.952. The van der Waals surface area contributed by atoms with Crippen LogP contribution < -0.4 is 0 Å². The van der Waals surface area contributed by atoms with E-state index < -0.39 is 0 Å². The molecule has 0 radical (unpaired) electrons. The molecular formula is C21H38O. The zero-order valence-corrected chi connectivity index (χ0v) is 15.9. The average molecular weight is 307 g/mol. The molecule has 0 amide bonds. The van der Waals surface area contributed by atoms with Gasteiger partial charge in [0.15, 0.2) is 0 Å². The molecule has 0 heterocycles. The molecule has 0 saturated heterocycles. The van der Waals surface area contributed by atoms with Crippen LogP contribution in [0.5, 0.6) is 0 Å². The highest BCUT2D eigenvalue weighted by Gasteiger charge is 2.38. The highest BCUT2D eigenvalue weighted by atomic mass is 16.1. The summed E-state index contributed by atoms with van der Waals surface area (Å²) in [6.07, 6.45) is 10.3. The molecule has 0 aromatic heterocycles. The summed E-state index contributed by atoms with van der Waals surface area (Å²) in [6.45, 7) is 14.0. The number of rotatable bonds is 4. The normalized spacial score (nSPS) is 33.9. The smallest absolute Gasteiger partial charge is 0.139 e. The predicted octanol–water partition coefficient (Wildman–Crippen LogP) is 6.26. The van der Waals surface area contributed by atoms with E-state index in [0.29, 0.717) is 28.4 Å². The quantitative estimate of drug-likeness (QED) is 0.599. The zero-order valence-electron chi connectivity index (χ0n) is 15.9. The summed E-state index contributed by atoms with van der Waals surface area (Å²) >= 11 is 0. The maximum Gasteiger partial charge on any atom is 0.139 e. The molecule has 128 valence electrons. The Bertz CT molecular complexity index is 357. The number of Topliss-reactive ketones (excluding diaryl/α,β-unsaturated/α-hetero) is 1. The van der Waals surface area contributed by atoms with Crippen LogP contribution in [0.15, 0.2) is 0 Å². The van der Waals surface area contributed by atoms with Crippen molar-refractivity contribution in [2.45, 2.75) is 92.9 Å². The second-order valence-electron chi connectivity index (χ2n) is 10.0. The van der Waals surface area contributed by atoms with Gasteiger partial charge in [-0.25, -0.2) is 0 Å². The van der Waals surface area contributed by atoms with E-state index in [9.17, 15) is 4.79 Å². The summed E-state index contributed by atoms with van der Waals surface area (Å²) in [4.78, 5) is 13.1. The Morgan fingerprint density at radius 1 is 0.818 bits per heavy atom. The van der Waals surface area contributed by atoms with Gasteiger partial charge in [-0.1, -0.05) is 54.4 Å². The lowest BCUT2D eigenvalue weighted by Gasteiger charge is -2.41. The molecule has 1 heteroatoms. The Morgan fingerprint density at radius 2 is 1.18 bits per heavy atom. The fourth-order valence-corrected chi connectivity index (χ4v) is 5.25. The first-order chi connectivity index (χ1) is 10.1. The highest BCUT2D eigenvalue weighted by Crippen LogP contribution is 2.45. The lowest BCUT2D eigenvalue weighted by molar-refractivity contribution is -0.130. The molecule has 2 aliphatic carbocycles. The zero-order chi connectivity index (χ0) is 16.5. The van der Waals surface area contributed by atoms with Crippen molar-refractivity contribution in [1.82, 2.24) is 0 Å². The SMILES string of the molecule is CC(C(=O)C(C)C1CCCC(C)(C)C1)C1CCCC(C)(C)C1. The molecule has 1 nitrogen and oxygen atoms in total. The van der Waals surface area contributed by atoms with Gasteiger partial charge in [0.2, 0.25) is 0 Å². The van der Waals surface area contributed by atoms with Gasteiger partial charge in [-0.05, 0) is 61.2 Å². The molecule has 0 aromatic carbocycles. The maximum absolute atomic E-state index is 13.1. The van der Waals surface area contributed by atoms with Crippen LogP contribution >= 0.6 is 0 Å². The van der Waals surface area contributed by atoms with Crippen LogP contribution in [0, 0.1) is 34.5 Å². The number of hydrogen-bond acceptors (Lipinski definition) is 1. The lowest BCUT2D eigenvalue weighted by Crippen LogP contribution is -2.36. The lowest BCUT2D eigenvalue weighted by atomic mass is 9.64. The van der Waals surface area contributed by atoms with E-state index in [1.165, 1.54) is 51.4 Å². The minimum atomic E-state index is 0.264. The Hall–Kier alpha value is -0.330. The summed E-state index contributed by atoms with van der Waals surface area (Å²) in [5.41, 5.74) is 0.876. The van der Waals surface area contributed by atoms with Crippen molar-refractivity contribution in [2.24, 2.45) is 34.5 Å². The van der Waals surface area contributed by atoms with Crippen molar-refractivity contribution >= 4 is 5.78 Å². The van der Waals surface area contributed by atoms with Gasteiger partial charge in [0, 0.05) is 11.8 Å². The Balaban J connectivity index is 1.97. The molecule has 0 aromatic rings. The van der Waals surface area contributed by atoms with E-state index in [-0.39, 0.29) is 11.8 Å². The maximum atomic E-state index is 13.1. The molecule has 2 fully saturated rings. The first-order valence-corrected chi connectivity index (χ1v) is 9.65. The number of carbonyl (C=O) groups excluding carboxylic acids is 1. The van der Waals surface area contributed by atoms with Crippen LogP contribution in [0.2, 0.25) is 0 Å². The van der Waals surface area contributed by atoms with Crippen molar-refractivity contribution in [2.75, 3.05) is 0 Å². The Morgan fingerprint density at radius 3 is 1.50 bits per heavy atom. The first kappa shape index (κ1) is 18.0. The van der Waals surface area contributed by atoms with Crippen molar-refractivity contribution in [3.8, 4) is 0 Å². The first-order valence-electron chi connectivity index (χ1n) is 9.65. The second kappa shape index (κ2) is 6.65. The van der Waals surface area contributed by atoms with Crippen molar-refractivity contribution < 1.29 is 4.79 Å². The van der Waals surface area contributed by atoms with Crippen LogP contribution in [0.1, 0.15) is 92.9 Å². The number of carbonyl (C=O) groups is 1. The molecule has 0 spiro atoms. The van der Waals surface area contributed by atoms with Crippen LogP contribution in [0.25, 0.3) is 0 Å². The van der Waals surface area contributed by atoms with E-state index in [0.717, 1.165) is 0 Å². The Labute approximate surface area is 138 Å². The van der Waals surface area contributed by atoms with Gasteiger partial charge in [0.1, 0.15) is 5.78 Å². The van der Waals surface area contributed by atoms with E-state index in [4.69, 9.17) is 0 Å². The summed E-state index contributed by atoms with van der Waals surface area (Å²) in [6, 6.07) is 0. The second-order valence-corrected chi connectivity index (χ2v) is 10.0. The van der Waals surface area contributed by atoms with Crippen LogP contribution in [0.4, 0.5) is 0 Å². The van der Waals surface area contributed by atoms with Crippen LogP contribution in [0.3, 0.4) is 0 Å². The van der Waals surface area contributed by atoms with Gasteiger partial charge >= 0.3 is 0 Å². The summed E-state index contributed by atoms with van der Waals surface area (Å²) < 4.78 is 0. The van der Waals surface area contributed by atoms with Crippen molar-refractivity contribution in [3.63, 3.8) is 0 Å². The molecule has 0 bridgehead atoms. The third-order valence-corrected chi connectivity index (χ3v) is 6.80. The average Bonchev–Trinajstić information content (AvgIpc) is 2.42. The van der Waals surface area contributed by atoms with Crippen LogP contribution in [-0.2, 0) is 4.79 Å². The molecule has 2 saturated carbocycles. The third-order valence-electron chi connectivity index (χ3n) is 6.80. The largest absolute Gasteiger partial charge is 0.299 e. The molecular weight excluding hydrogens is 268 g/mol. The molecule has 0 aliphatic heterocycles. The van der Waals surface area contributed by atoms with Gasteiger partial charge in [-0.2, -0.15) is 0 Å². The van der Waals surface area contributed by atoms with E-state index in [1.807, 2.05) is 0 Å². The topological polar surface area (TPSA) is 17.1 Å².